The third-order valence-corrected chi connectivity index (χ3v) is 3.65. The first-order valence-corrected chi connectivity index (χ1v) is 7.74. The van der Waals surface area contributed by atoms with Crippen molar-refractivity contribution in [3.05, 3.63) is 58.6 Å². The molecule has 3 rings (SSSR count). The van der Waals surface area contributed by atoms with E-state index in [2.05, 4.69) is 20.7 Å². The number of hydrazone groups is 1. The molecule has 0 saturated carbocycles. The number of hydrogen-bond donors (Lipinski definition) is 2. The van der Waals surface area contributed by atoms with E-state index in [1.165, 1.54) is 6.21 Å². The van der Waals surface area contributed by atoms with E-state index in [9.17, 15) is 4.79 Å². The number of carbonyl (C=O) groups is 1. The second-order valence-corrected chi connectivity index (χ2v) is 5.59. The highest BCUT2D eigenvalue weighted by atomic mass is 35.5. The zero-order valence-electron chi connectivity index (χ0n) is 13.5. The number of nitrogens with zero attached hydrogens (tertiary/aromatic N) is 2. The summed E-state index contributed by atoms with van der Waals surface area (Å²) >= 11 is 6.12. The Morgan fingerprint density at radius 1 is 1.36 bits per heavy atom. The number of H-pyrrole nitrogens is 1. The summed E-state index contributed by atoms with van der Waals surface area (Å²) in [5.74, 6) is 1.30. The fourth-order valence-corrected chi connectivity index (χ4v) is 2.40. The molecule has 0 spiro atoms. The highest BCUT2D eigenvalue weighted by molar-refractivity contribution is 6.32. The van der Waals surface area contributed by atoms with E-state index in [-0.39, 0.29) is 5.69 Å². The first-order valence-electron chi connectivity index (χ1n) is 7.36. The molecule has 25 heavy (non-hydrogen) atoms. The molecule has 8 heteroatoms. The Kier molecular flexibility index (Phi) is 4.85. The fourth-order valence-electron chi connectivity index (χ4n) is 2.14. The van der Waals surface area contributed by atoms with Crippen molar-refractivity contribution >= 4 is 23.7 Å². The summed E-state index contributed by atoms with van der Waals surface area (Å²) in [5.41, 5.74) is 4.25. The lowest BCUT2D eigenvalue weighted by atomic mass is 10.2. The summed E-state index contributed by atoms with van der Waals surface area (Å²) in [4.78, 5) is 11.8. The van der Waals surface area contributed by atoms with E-state index in [0.29, 0.717) is 22.3 Å². The number of methoxy groups -OCH3 is 1. The van der Waals surface area contributed by atoms with Gasteiger partial charge in [-0.25, -0.2) is 5.43 Å². The van der Waals surface area contributed by atoms with Crippen LogP contribution < -0.4 is 10.2 Å². The number of carbonyl (C=O) groups excluding carboxylic acids is 1. The molecular weight excluding hydrogens is 344 g/mol. The molecule has 128 valence electrons. The average Bonchev–Trinajstić information content (AvgIpc) is 3.24. The summed E-state index contributed by atoms with van der Waals surface area (Å²) in [6.07, 6.45) is 1.41. The maximum atomic E-state index is 11.8. The molecule has 0 unspecified atom stereocenters. The van der Waals surface area contributed by atoms with Gasteiger partial charge in [-0.15, -0.1) is 0 Å². The number of aryl methyl sites for hydroxylation is 1. The Hall–Kier alpha value is -3.06. The number of ether oxygens (including phenoxy) is 1. The largest absolute Gasteiger partial charge is 0.495 e. The predicted molar refractivity (Wildman–Crippen MR) is 94.1 cm³/mol. The zero-order valence-corrected chi connectivity index (χ0v) is 14.3. The third-order valence-electron chi connectivity index (χ3n) is 3.36. The molecule has 7 nitrogen and oxygen atoms in total. The topological polar surface area (TPSA) is 92.5 Å². The first-order chi connectivity index (χ1) is 12.1. The van der Waals surface area contributed by atoms with Gasteiger partial charge in [-0.2, -0.15) is 10.2 Å². The van der Waals surface area contributed by atoms with Crippen LogP contribution in [-0.4, -0.2) is 29.4 Å². The summed E-state index contributed by atoms with van der Waals surface area (Å²) in [5, 5.41) is 10.9. The van der Waals surface area contributed by atoms with Crippen molar-refractivity contribution in [1.29, 1.82) is 0 Å². The lowest BCUT2D eigenvalue weighted by Gasteiger charge is -2.04. The molecule has 0 bridgehead atoms. The zero-order chi connectivity index (χ0) is 17.8. The number of benzene rings is 1. The summed E-state index contributed by atoms with van der Waals surface area (Å²) in [7, 11) is 1.56. The van der Waals surface area contributed by atoms with Gasteiger partial charge in [0.25, 0.3) is 5.91 Å². The second-order valence-electron chi connectivity index (χ2n) is 5.19. The van der Waals surface area contributed by atoms with Gasteiger partial charge in [0, 0.05) is 11.3 Å². The van der Waals surface area contributed by atoms with Crippen LogP contribution in [0.1, 0.15) is 21.9 Å². The van der Waals surface area contributed by atoms with Gasteiger partial charge in [0.15, 0.2) is 5.69 Å². The summed E-state index contributed by atoms with van der Waals surface area (Å²) < 4.78 is 10.8. The van der Waals surface area contributed by atoms with Crippen molar-refractivity contribution in [1.82, 2.24) is 15.6 Å². The predicted octanol–water partition coefficient (Wildman–Crippen LogP) is 3.40. The van der Waals surface area contributed by atoms with E-state index in [4.69, 9.17) is 20.8 Å². The van der Waals surface area contributed by atoms with Crippen molar-refractivity contribution in [3.63, 3.8) is 0 Å². The smallest absolute Gasteiger partial charge is 0.291 e. The van der Waals surface area contributed by atoms with Crippen LogP contribution in [0.25, 0.3) is 11.3 Å². The molecule has 2 heterocycles. The number of aromatic amines is 1. The highest BCUT2D eigenvalue weighted by Gasteiger charge is 2.09. The lowest BCUT2D eigenvalue weighted by Crippen LogP contribution is -2.17. The number of amides is 1. The SMILES string of the molecule is COc1ccc(-c2ccc(/C=N\NC(=O)c3cc(C)[nH]n3)o2)cc1Cl. The number of halogens is 1. The summed E-state index contributed by atoms with van der Waals surface area (Å²) in [6, 6.07) is 10.5. The number of hydrogen-bond acceptors (Lipinski definition) is 5. The minimum Gasteiger partial charge on any atom is -0.495 e. The number of nitrogens with one attached hydrogen (secondary N) is 2. The van der Waals surface area contributed by atoms with E-state index in [1.807, 2.05) is 13.0 Å². The molecule has 0 atom stereocenters. The molecule has 2 N–H and O–H groups in total. The van der Waals surface area contributed by atoms with Crippen LogP contribution in [0, 0.1) is 6.92 Å². The van der Waals surface area contributed by atoms with Crippen molar-refractivity contribution in [2.24, 2.45) is 5.10 Å². The Morgan fingerprint density at radius 2 is 2.20 bits per heavy atom. The van der Waals surface area contributed by atoms with Crippen LogP contribution in [0.2, 0.25) is 5.02 Å². The lowest BCUT2D eigenvalue weighted by molar-refractivity contribution is 0.0950. The van der Waals surface area contributed by atoms with Crippen molar-refractivity contribution in [3.8, 4) is 17.1 Å². The molecule has 2 aromatic heterocycles. The third kappa shape index (κ3) is 3.89. The van der Waals surface area contributed by atoms with Gasteiger partial charge in [-0.1, -0.05) is 11.6 Å². The number of rotatable bonds is 5. The average molecular weight is 359 g/mol. The number of furan rings is 1. The summed E-state index contributed by atoms with van der Waals surface area (Å²) in [6.45, 7) is 1.81. The van der Waals surface area contributed by atoms with Gasteiger partial charge in [-0.05, 0) is 43.3 Å². The monoisotopic (exact) mass is 358 g/mol. The standard InChI is InChI=1S/C17H15ClN4O3/c1-10-7-14(21-20-10)17(23)22-19-9-12-4-6-15(25-12)11-3-5-16(24-2)13(18)8-11/h3-9H,1-2H3,(H,20,21)(H,22,23)/b19-9-. The van der Waals surface area contributed by atoms with Crippen molar-refractivity contribution in [2.75, 3.05) is 7.11 Å². The quantitative estimate of drug-likeness (QED) is 0.540. The van der Waals surface area contributed by atoms with Crippen molar-refractivity contribution < 1.29 is 13.9 Å². The fraction of sp³-hybridized carbons (Fsp3) is 0.118. The minimum absolute atomic E-state index is 0.266. The Bertz CT molecular complexity index is 930. The molecule has 1 amide bonds. The number of aromatic nitrogens is 2. The molecule has 0 aliphatic heterocycles. The van der Waals surface area contributed by atoms with Crippen molar-refractivity contribution in [2.45, 2.75) is 6.92 Å². The van der Waals surface area contributed by atoms with Crippen LogP contribution in [0.3, 0.4) is 0 Å². The van der Waals surface area contributed by atoms with Crippen LogP contribution in [0.4, 0.5) is 0 Å². The van der Waals surface area contributed by atoms with Gasteiger partial charge in [0.1, 0.15) is 17.3 Å². The van der Waals surface area contributed by atoms with E-state index >= 15 is 0 Å². The molecule has 0 saturated heterocycles. The van der Waals surface area contributed by atoms with Gasteiger partial charge in [0.05, 0.1) is 18.3 Å². The van der Waals surface area contributed by atoms with Gasteiger partial charge in [-0.3, -0.25) is 9.89 Å². The Morgan fingerprint density at radius 3 is 2.88 bits per heavy atom. The van der Waals surface area contributed by atoms with E-state index in [0.717, 1.165) is 11.3 Å². The van der Waals surface area contributed by atoms with Crippen LogP contribution in [-0.2, 0) is 0 Å². The molecule has 1 aromatic carbocycles. The highest BCUT2D eigenvalue weighted by Crippen LogP contribution is 2.30. The molecule has 3 aromatic rings. The van der Waals surface area contributed by atoms with Crippen LogP contribution in [0.15, 0.2) is 45.9 Å². The molecule has 0 radical (unpaired) electrons. The van der Waals surface area contributed by atoms with Gasteiger partial charge >= 0.3 is 0 Å². The Balaban J connectivity index is 1.67. The second kappa shape index (κ2) is 7.23. The van der Waals surface area contributed by atoms with E-state index in [1.54, 1.807) is 37.4 Å². The molecule has 0 aliphatic carbocycles. The van der Waals surface area contributed by atoms with Gasteiger partial charge < -0.3 is 9.15 Å². The van der Waals surface area contributed by atoms with Crippen LogP contribution in [0.5, 0.6) is 5.75 Å². The molecule has 0 fully saturated rings. The molecular formula is C17H15ClN4O3. The normalized spacial score (nSPS) is 11.0. The van der Waals surface area contributed by atoms with Crippen LogP contribution >= 0.6 is 11.6 Å². The van der Waals surface area contributed by atoms with Gasteiger partial charge in [0.2, 0.25) is 0 Å². The Labute approximate surface area is 148 Å². The maximum absolute atomic E-state index is 11.8. The minimum atomic E-state index is -0.408. The molecule has 0 aliphatic rings. The van der Waals surface area contributed by atoms with E-state index < -0.39 is 5.91 Å². The maximum Gasteiger partial charge on any atom is 0.291 e. The first kappa shape index (κ1) is 16.8.